The highest BCUT2D eigenvalue weighted by Crippen LogP contribution is 2.45. The van der Waals surface area contributed by atoms with Gasteiger partial charge in [-0.3, -0.25) is 0 Å². The first-order chi connectivity index (χ1) is 18.0. The molecular weight excluding hydrogens is 464 g/mol. The Balaban J connectivity index is 1.17. The fraction of sp³-hybridized carbons (Fsp3) is 0.138. The number of anilines is 2. The molecule has 0 unspecified atom stereocenters. The topological polar surface area (TPSA) is 107 Å². The first-order valence-electron chi connectivity index (χ1n) is 12.1. The number of nitrogens with two attached hydrogens (primary N) is 1. The van der Waals surface area contributed by atoms with Crippen molar-refractivity contribution in [2.24, 2.45) is 5.73 Å². The summed E-state index contributed by atoms with van der Waals surface area (Å²) in [5, 5.41) is 10.1. The van der Waals surface area contributed by atoms with Crippen molar-refractivity contribution >= 4 is 22.9 Å². The summed E-state index contributed by atoms with van der Waals surface area (Å²) in [4.78, 5) is 17.2. The minimum atomic E-state index is -0.382. The minimum Gasteiger partial charge on any atom is -0.457 e. The van der Waals surface area contributed by atoms with E-state index in [4.69, 9.17) is 10.5 Å². The van der Waals surface area contributed by atoms with Crippen molar-refractivity contribution in [2.75, 3.05) is 10.6 Å². The van der Waals surface area contributed by atoms with E-state index in [1.54, 1.807) is 12.4 Å². The number of aromatic nitrogens is 3. The molecule has 5 aromatic rings. The van der Waals surface area contributed by atoms with Gasteiger partial charge in [-0.1, -0.05) is 36.4 Å². The molecule has 2 amide bonds. The van der Waals surface area contributed by atoms with Gasteiger partial charge in [0.1, 0.15) is 17.8 Å². The monoisotopic (exact) mass is 490 g/mol. The van der Waals surface area contributed by atoms with Crippen LogP contribution in [0.5, 0.6) is 11.5 Å². The third-order valence-electron chi connectivity index (χ3n) is 6.53. The number of carbonyl (C=O) groups excluding carboxylic acids is 1. The smallest absolute Gasteiger partial charge is 0.323 e. The zero-order chi connectivity index (χ0) is 25.4. The predicted octanol–water partition coefficient (Wildman–Crippen LogP) is 6.09. The van der Waals surface area contributed by atoms with Crippen molar-refractivity contribution in [3.8, 4) is 22.6 Å². The van der Waals surface area contributed by atoms with Gasteiger partial charge in [0, 0.05) is 29.2 Å². The Labute approximate surface area is 214 Å². The molecule has 0 spiro atoms. The summed E-state index contributed by atoms with van der Waals surface area (Å²) in [5.74, 6) is 1.37. The van der Waals surface area contributed by atoms with Crippen LogP contribution in [-0.2, 0) is 5.54 Å². The Bertz CT molecular complexity index is 1590. The third kappa shape index (κ3) is 4.62. The molecule has 2 aromatic heterocycles. The van der Waals surface area contributed by atoms with Crippen LogP contribution in [0.1, 0.15) is 24.1 Å². The van der Waals surface area contributed by atoms with E-state index in [0.717, 1.165) is 46.5 Å². The molecule has 0 radical (unpaired) electrons. The molecule has 8 nitrogen and oxygen atoms in total. The number of nitrogens with zero attached hydrogens (tertiary/aromatic N) is 3. The van der Waals surface area contributed by atoms with Crippen LogP contribution in [-0.4, -0.2) is 20.6 Å². The van der Waals surface area contributed by atoms with Crippen LogP contribution in [0, 0.1) is 6.92 Å². The lowest BCUT2D eigenvalue weighted by Crippen LogP contribution is -2.22. The molecule has 1 aliphatic carbocycles. The number of aryl methyl sites for hydroxylation is 1. The van der Waals surface area contributed by atoms with Crippen LogP contribution in [0.3, 0.4) is 0 Å². The van der Waals surface area contributed by atoms with E-state index in [-0.39, 0.29) is 11.6 Å². The Kier molecular flexibility index (Phi) is 5.58. The maximum Gasteiger partial charge on any atom is 0.323 e. The van der Waals surface area contributed by atoms with Gasteiger partial charge in [-0.2, -0.15) is 5.10 Å². The van der Waals surface area contributed by atoms with E-state index in [1.165, 1.54) is 0 Å². The van der Waals surface area contributed by atoms with Gasteiger partial charge in [0.05, 0.1) is 16.7 Å². The molecule has 6 rings (SSSR count). The van der Waals surface area contributed by atoms with Crippen LogP contribution in [0.25, 0.3) is 16.6 Å². The van der Waals surface area contributed by atoms with Gasteiger partial charge >= 0.3 is 6.03 Å². The fourth-order valence-corrected chi connectivity index (χ4v) is 4.51. The molecule has 0 bridgehead atoms. The molecule has 0 aliphatic heterocycles. The standard InChI is InChI=1S/C29H26N6O2/c1-19-17-35-26(27(31-18-32-35)29(30)14-15-29)25(19)20-10-12-21(13-11-20)33-28(36)34-22-6-5-9-24(16-22)37-23-7-3-2-4-8-23/h2-13,16-18H,14-15,30H2,1H3,(H2,33,34,36). The number of carbonyl (C=O) groups is 1. The summed E-state index contributed by atoms with van der Waals surface area (Å²) in [6.07, 6.45) is 5.40. The summed E-state index contributed by atoms with van der Waals surface area (Å²) in [7, 11) is 0. The SMILES string of the molecule is Cc1cn2ncnc(C3(N)CC3)c2c1-c1ccc(NC(=O)Nc2cccc(Oc3ccccc3)c2)cc1. The van der Waals surface area contributed by atoms with Crippen LogP contribution < -0.4 is 21.1 Å². The van der Waals surface area contributed by atoms with Crippen LogP contribution >= 0.6 is 0 Å². The van der Waals surface area contributed by atoms with Crippen molar-refractivity contribution in [3.63, 3.8) is 0 Å². The summed E-state index contributed by atoms with van der Waals surface area (Å²) >= 11 is 0. The Morgan fingerprint density at radius 1 is 0.946 bits per heavy atom. The molecule has 3 aromatic carbocycles. The summed E-state index contributed by atoms with van der Waals surface area (Å²) in [6, 6.07) is 24.2. The Hall–Kier alpha value is -4.69. The second kappa shape index (κ2) is 9.07. The van der Waals surface area contributed by atoms with Gasteiger partial charge in [0.2, 0.25) is 0 Å². The largest absolute Gasteiger partial charge is 0.457 e. The number of amides is 2. The first kappa shape index (κ1) is 22.8. The quantitative estimate of drug-likeness (QED) is 0.267. The molecule has 8 heteroatoms. The van der Waals surface area contributed by atoms with Gasteiger partial charge in [-0.25, -0.2) is 14.3 Å². The zero-order valence-corrected chi connectivity index (χ0v) is 20.3. The van der Waals surface area contributed by atoms with Crippen LogP contribution in [0.2, 0.25) is 0 Å². The maximum atomic E-state index is 12.7. The first-order valence-corrected chi connectivity index (χ1v) is 12.1. The van der Waals surface area contributed by atoms with Gasteiger partial charge < -0.3 is 21.1 Å². The van der Waals surface area contributed by atoms with Crippen molar-refractivity contribution in [1.82, 2.24) is 14.6 Å². The molecule has 1 aliphatic rings. The average molecular weight is 491 g/mol. The van der Waals surface area contributed by atoms with Crippen LogP contribution in [0.15, 0.2) is 91.4 Å². The second-order valence-corrected chi connectivity index (χ2v) is 9.34. The van der Waals surface area contributed by atoms with Crippen molar-refractivity contribution in [3.05, 3.63) is 103 Å². The molecule has 1 fully saturated rings. The third-order valence-corrected chi connectivity index (χ3v) is 6.53. The number of ether oxygens (including phenoxy) is 1. The number of benzene rings is 3. The van der Waals surface area contributed by atoms with E-state index in [0.29, 0.717) is 17.1 Å². The molecule has 0 atom stereocenters. The van der Waals surface area contributed by atoms with Gasteiger partial charge in [0.15, 0.2) is 0 Å². The zero-order valence-electron chi connectivity index (χ0n) is 20.3. The number of urea groups is 1. The average Bonchev–Trinajstić information content (AvgIpc) is 3.55. The highest BCUT2D eigenvalue weighted by Gasteiger charge is 2.43. The number of nitrogens with one attached hydrogen (secondary N) is 2. The van der Waals surface area contributed by atoms with Gasteiger partial charge in [0.25, 0.3) is 0 Å². The highest BCUT2D eigenvalue weighted by molar-refractivity contribution is 6.00. The maximum absolute atomic E-state index is 12.7. The van der Waals surface area contributed by atoms with E-state index in [1.807, 2.05) is 83.5 Å². The van der Waals surface area contributed by atoms with Gasteiger partial charge in [-0.15, -0.1) is 0 Å². The highest BCUT2D eigenvalue weighted by atomic mass is 16.5. The molecule has 0 saturated heterocycles. The predicted molar refractivity (Wildman–Crippen MR) is 144 cm³/mol. The molecule has 37 heavy (non-hydrogen) atoms. The van der Waals surface area contributed by atoms with Crippen molar-refractivity contribution in [2.45, 2.75) is 25.3 Å². The van der Waals surface area contributed by atoms with E-state index < -0.39 is 0 Å². The normalized spacial score (nSPS) is 13.8. The lowest BCUT2D eigenvalue weighted by Gasteiger charge is -2.12. The number of rotatable bonds is 6. The van der Waals surface area contributed by atoms with Crippen LogP contribution in [0.4, 0.5) is 16.2 Å². The molecular formula is C29H26N6O2. The number of fused-ring (bicyclic) bond motifs is 1. The Morgan fingerprint density at radius 3 is 2.43 bits per heavy atom. The van der Waals surface area contributed by atoms with Gasteiger partial charge in [-0.05, 0) is 67.3 Å². The second-order valence-electron chi connectivity index (χ2n) is 9.34. The van der Waals surface area contributed by atoms with E-state index >= 15 is 0 Å². The molecule has 4 N–H and O–H groups in total. The fourth-order valence-electron chi connectivity index (χ4n) is 4.51. The van der Waals surface area contributed by atoms with E-state index in [9.17, 15) is 4.79 Å². The van der Waals surface area contributed by atoms with E-state index in [2.05, 4.69) is 27.6 Å². The molecule has 184 valence electrons. The van der Waals surface area contributed by atoms with Crippen molar-refractivity contribution < 1.29 is 9.53 Å². The number of hydrogen-bond donors (Lipinski definition) is 3. The summed E-state index contributed by atoms with van der Waals surface area (Å²) < 4.78 is 7.71. The Morgan fingerprint density at radius 2 is 1.68 bits per heavy atom. The summed E-state index contributed by atoms with van der Waals surface area (Å²) in [6.45, 7) is 2.05. The molecule has 2 heterocycles. The van der Waals surface area contributed by atoms with Crippen molar-refractivity contribution in [1.29, 1.82) is 0 Å². The lowest BCUT2D eigenvalue weighted by molar-refractivity contribution is 0.262. The number of hydrogen-bond acceptors (Lipinski definition) is 5. The lowest BCUT2D eigenvalue weighted by atomic mass is 10.00. The molecule has 1 saturated carbocycles. The summed E-state index contributed by atoms with van der Waals surface area (Å²) in [5.41, 5.74) is 12.4. The minimum absolute atomic E-state index is 0.343. The number of para-hydroxylation sites is 1.